The molecule has 0 fully saturated rings. The first-order chi connectivity index (χ1) is 13.8. The lowest BCUT2D eigenvalue weighted by Gasteiger charge is -2.23. The van der Waals surface area contributed by atoms with E-state index in [1.54, 1.807) is 0 Å². The fourth-order valence-electron chi connectivity index (χ4n) is 2.91. The Morgan fingerprint density at radius 3 is 2.38 bits per heavy atom. The van der Waals surface area contributed by atoms with Crippen LogP contribution in [0.15, 0.2) is 46.9 Å². The summed E-state index contributed by atoms with van der Waals surface area (Å²) in [6.07, 6.45) is 4.72. The number of ether oxygens (including phenoxy) is 2. The number of unbranched alkanes of at least 4 members (excludes halogenated alkanes) is 3. The second-order valence-corrected chi connectivity index (χ2v) is 9.08. The van der Waals surface area contributed by atoms with Gasteiger partial charge < -0.3 is 14.8 Å². The molecule has 0 saturated carbocycles. The zero-order valence-corrected chi connectivity index (χ0v) is 19.5. The Balaban J connectivity index is 1.84. The maximum absolute atomic E-state index is 12.3. The van der Waals surface area contributed by atoms with Crippen LogP contribution in [-0.2, 0) is 10.2 Å². The number of hydrogen-bond donors (Lipinski definition) is 1. The molecule has 1 amide bonds. The fourth-order valence-corrected chi connectivity index (χ4v) is 3.27. The molecule has 0 saturated heterocycles. The topological polar surface area (TPSA) is 47.6 Å². The molecule has 0 radical (unpaired) electrons. The van der Waals surface area contributed by atoms with E-state index in [0.29, 0.717) is 0 Å². The molecule has 0 spiro atoms. The number of carbonyl (C=O) groups is 1. The second kappa shape index (κ2) is 11.2. The van der Waals surface area contributed by atoms with Crippen LogP contribution in [0.3, 0.4) is 0 Å². The number of halogens is 1. The molecule has 0 aromatic heterocycles. The van der Waals surface area contributed by atoms with E-state index in [0.717, 1.165) is 40.3 Å². The van der Waals surface area contributed by atoms with Gasteiger partial charge in [0.1, 0.15) is 11.5 Å². The van der Waals surface area contributed by atoms with Crippen molar-refractivity contribution >= 4 is 27.5 Å². The van der Waals surface area contributed by atoms with Crippen LogP contribution in [0.1, 0.15) is 58.9 Å². The Kier molecular flexibility index (Phi) is 9.02. The highest BCUT2D eigenvalue weighted by Crippen LogP contribution is 2.33. The lowest BCUT2D eigenvalue weighted by molar-refractivity contribution is -0.118. The Labute approximate surface area is 183 Å². The highest BCUT2D eigenvalue weighted by atomic mass is 79.9. The van der Waals surface area contributed by atoms with Crippen molar-refractivity contribution < 1.29 is 14.3 Å². The first kappa shape index (κ1) is 23.3. The molecule has 4 nitrogen and oxygen atoms in total. The maximum Gasteiger partial charge on any atom is 0.262 e. The largest absolute Gasteiger partial charge is 0.494 e. The van der Waals surface area contributed by atoms with E-state index in [1.165, 1.54) is 19.3 Å². The van der Waals surface area contributed by atoms with Crippen molar-refractivity contribution in [1.29, 1.82) is 0 Å². The van der Waals surface area contributed by atoms with Crippen LogP contribution in [0.25, 0.3) is 0 Å². The molecule has 0 aliphatic heterocycles. The number of hydrogen-bond acceptors (Lipinski definition) is 3. The zero-order chi connectivity index (χ0) is 21.3. The predicted molar refractivity (Wildman–Crippen MR) is 123 cm³/mol. The van der Waals surface area contributed by atoms with Gasteiger partial charge in [-0.05, 0) is 54.3 Å². The van der Waals surface area contributed by atoms with E-state index in [1.807, 2.05) is 42.5 Å². The number of carbonyl (C=O) groups excluding carboxylic acids is 1. The third kappa shape index (κ3) is 8.09. The van der Waals surface area contributed by atoms with Gasteiger partial charge in [0, 0.05) is 15.7 Å². The van der Waals surface area contributed by atoms with Crippen LogP contribution in [0.4, 0.5) is 5.69 Å². The quantitative estimate of drug-likeness (QED) is 0.399. The smallest absolute Gasteiger partial charge is 0.262 e. The maximum atomic E-state index is 12.3. The molecule has 2 rings (SSSR count). The molecule has 0 aliphatic carbocycles. The van der Waals surface area contributed by atoms with Crippen molar-refractivity contribution in [2.45, 2.75) is 58.8 Å². The van der Waals surface area contributed by atoms with Crippen molar-refractivity contribution in [1.82, 2.24) is 0 Å². The summed E-state index contributed by atoms with van der Waals surface area (Å²) in [5.74, 6) is 1.35. The van der Waals surface area contributed by atoms with E-state index in [9.17, 15) is 4.79 Å². The molecular formula is C24H32BrNO3. The molecule has 158 valence electrons. The average Bonchev–Trinajstić information content (AvgIpc) is 2.67. The number of amides is 1. The average molecular weight is 462 g/mol. The Hall–Kier alpha value is -2.01. The third-order valence-corrected chi connectivity index (χ3v) is 5.01. The summed E-state index contributed by atoms with van der Waals surface area (Å²) in [7, 11) is 0. The van der Waals surface area contributed by atoms with Crippen LogP contribution < -0.4 is 14.8 Å². The molecule has 29 heavy (non-hydrogen) atoms. The Morgan fingerprint density at radius 1 is 1.00 bits per heavy atom. The lowest BCUT2D eigenvalue weighted by atomic mass is 9.86. The van der Waals surface area contributed by atoms with Gasteiger partial charge in [0.2, 0.25) is 0 Å². The summed E-state index contributed by atoms with van der Waals surface area (Å²) in [5.41, 5.74) is 1.70. The van der Waals surface area contributed by atoms with Crippen molar-refractivity contribution in [2.24, 2.45) is 0 Å². The van der Waals surface area contributed by atoms with Crippen molar-refractivity contribution in [3.8, 4) is 11.5 Å². The molecule has 0 unspecified atom stereocenters. The van der Waals surface area contributed by atoms with Gasteiger partial charge in [-0.1, -0.05) is 62.9 Å². The third-order valence-electron chi connectivity index (χ3n) is 4.51. The summed E-state index contributed by atoms with van der Waals surface area (Å²) in [6.45, 7) is 9.24. The minimum absolute atomic E-state index is 0.0413. The molecule has 2 aromatic rings. The number of rotatable bonds is 10. The van der Waals surface area contributed by atoms with Crippen LogP contribution >= 0.6 is 15.9 Å². The van der Waals surface area contributed by atoms with Gasteiger partial charge in [-0.2, -0.15) is 0 Å². The van der Waals surface area contributed by atoms with Crippen molar-refractivity contribution in [3.63, 3.8) is 0 Å². The van der Waals surface area contributed by atoms with Crippen LogP contribution in [0.5, 0.6) is 11.5 Å². The highest BCUT2D eigenvalue weighted by molar-refractivity contribution is 9.10. The standard InChI is InChI=1S/C24H32BrNO3/c1-5-6-7-8-15-28-20-12-10-19(11-13-20)26-23(27)17-29-22-14-9-18(25)16-21(22)24(2,3)4/h9-14,16H,5-8,15,17H2,1-4H3,(H,26,27). The number of nitrogens with one attached hydrogen (secondary N) is 1. The Bertz CT molecular complexity index is 782. The van der Waals surface area contributed by atoms with E-state index in [2.05, 4.69) is 48.9 Å². The van der Waals surface area contributed by atoms with Gasteiger partial charge in [-0.3, -0.25) is 4.79 Å². The van der Waals surface area contributed by atoms with Crippen LogP contribution in [0.2, 0.25) is 0 Å². The van der Waals surface area contributed by atoms with Gasteiger partial charge in [-0.25, -0.2) is 0 Å². The summed E-state index contributed by atoms with van der Waals surface area (Å²) in [4.78, 5) is 12.3. The van der Waals surface area contributed by atoms with Crippen molar-refractivity contribution in [3.05, 3.63) is 52.5 Å². The normalized spacial score (nSPS) is 11.2. The minimum atomic E-state index is -0.194. The second-order valence-electron chi connectivity index (χ2n) is 8.16. The molecule has 2 aromatic carbocycles. The zero-order valence-electron chi connectivity index (χ0n) is 17.9. The monoisotopic (exact) mass is 461 g/mol. The molecule has 0 aliphatic rings. The summed E-state index contributed by atoms with van der Waals surface area (Å²) in [5, 5.41) is 2.86. The van der Waals surface area contributed by atoms with Gasteiger partial charge >= 0.3 is 0 Å². The van der Waals surface area contributed by atoms with Crippen LogP contribution in [-0.4, -0.2) is 19.1 Å². The first-order valence-corrected chi connectivity index (χ1v) is 11.0. The lowest BCUT2D eigenvalue weighted by Crippen LogP contribution is -2.22. The van der Waals surface area contributed by atoms with Gasteiger partial charge in [0.25, 0.3) is 5.91 Å². The number of benzene rings is 2. The molecule has 1 N–H and O–H groups in total. The SMILES string of the molecule is CCCCCCOc1ccc(NC(=O)COc2ccc(Br)cc2C(C)(C)C)cc1. The molecule has 0 atom stereocenters. The molecule has 5 heteroatoms. The predicted octanol–water partition coefficient (Wildman–Crippen LogP) is 6.72. The molecule has 0 heterocycles. The minimum Gasteiger partial charge on any atom is -0.494 e. The van der Waals surface area contributed by atoms with E-state index < -0.39 is 0 Å². The van der Waals surface area contributed by atoms with Gasteiger partial charge in [0.15, 0.2) is 6.61 Å². The van der Waals surface area contributed by atoms with Crippen molar-refractivity contribution in [2.75, 3.05) is 18.5 Å². The number of anilines is 1. The summed E-state index contributed by atoms with van der Waals surface area (Å²) < 4.78 is 12.5. The summed E-state index contributed by atoms with van der Waals surface area (Å²) in [6, 6.07) is 13.3. The summed E-state index contributed by atoms with van der Waals surface area (Å²) >= 11 is 3.50. The van der Waals surface area contributed by atoms with E-state index in [4.69, 9.17) is 9.47 Å². The molecular weight excluding hydrogens is 430 g/mol. The van der Waals surface area contributed by atoms with E-state index in [-0.39, 0.29) is 17.9 Å². The molecule has 0 bridgehead atoms. The van der Waals surface area contributed by atoms with Gasteiger partial charge in [-0.15, -0.1) is 0 Å². The Morgan fingerprint density at radius 2 is 1.72 bits per heavy atom. The van der Waals surface area contributed by atoms with Gasteiger partial charge in [0.05, 0.1) is 6.61 Å². The first-order valence-electron chi connectivity index (χ1n) is 10.2. The fraction of sp³-hybridized carbons (Fsp3) is 0.458. The van der Waals surface area contributed by atoms with Crippen LogP contribution in [0, 0.1) is 0 Å². The van der Waals surface area contributed by atoms with E-state index >= 15 is 0 Å². The highest BCUT2D eigenvalue weighted by Gasteiger charge is 2.20.